The molecule has 0 fully saturated rings. The number of rotatable bonds is 2. The molecule has 0 bridgehead atoms. The van der Waals surface area contributed by atoms with Crippen molar-refractivity contribution < 1.29 is 4.74 Å². The first-order valence-electron chi connectivity index (χ1n) is 4.83. The van der Waals surface area contributed by atoms with E-state index in [1.807, 2.05) is 24.3 Å². The van der Waals surface area contributed by atoms with E-state index in [0.717, 1.165) is 11.3 Å². The van der Waals surface area contributed by atoms with Gasteiger partial charge in [0.2, 0.25) is 0 Å². The molecule has 0 saturated carbocycles. The van der Waals surface area contributed by atoms with Crippen LogP contribution in [0.5, 0.6) is 5.75 Å². The predicted molar refractivity (Wildman–Crippen MR) is 59.9 cm³/mol. The SMILES string of the molecule is COc1ccc(-c2nn(C)cc2C#N)cc1. The quantitative estimate of drug-likeness (QED) is 0.766. The number of benzene rings is 1. The molecule has 4 nitrogen and oxygen atoms in total. The lowest BCUT2D eigenvalue weighted by Crippen LogP contribution is -1.88. The maximum Gasteiger partial charge on any atom is 0.118 e. The van der Waals surface area contributed by atoms with Crippen LogP contribution in [0.1, 0.15) is 5.56 Å². The van der Waals surface area contributed by atoms with Crippen LogP contribution in [0.3, 0.4) is 0 Å². The standard InChI is InChI=1S/C12H11N3O/c1-15-8-10(7-13)12(14-15)9-3-5-11(16-2)6-4-9/h3-6,8H,1-2H3. The first kappa shape index (κ1) is 10.2. The molecule has 0 atom stereocenters. The van der Waals surface area contributed by atoms with Gasteiger partial charge in [0.15, 0.2) is 0 Å². The second-order valence-electron chi connectivity index (χ2n) is 3.41. The zero-order chi connectivity index (χ0) is 11.5. The molecule has 2 aromatic rings. The number of aromatic nitrogens is 2. The van der Waals surface area contributed by atoms with Gasteiger partial charge in [-0.2, -0.15) is 10.4 Å². The number of aryl methyl sites for hydroxylation is 1. The molecule has 1 aromatic carbocycles. The van der Waals surface area contributed by atoms with Crippen LogP contribution < -0.4 is 4.74 Å². The van der Waals surface area contributed by atoms with E-state index >= 15 is 0 Å². The molecule has 1 aromatic heterocycles. The largest absolute Gasteiger partial charge is 0.497 e. The van der Waals surface area contributed by atoms with Crippen molar-refractivity contribution in [2.45, 2.75) is 0 Å². The van der Waals surface area contributed by atoms with Crippen LogP contribution >= 0.6 is 0 Å². The summed E-state index contributed by atoms with van der Waals surface area (Å²) in [7, 11) is 3.42. The molecular weight excluding hydrogens is 202 g/mol. The number of methoxy groups -OCH3 is 1. The molecule has 0 amide bonds. The molecule has 0 N–H and O–H groups in total. The van der Waals surface area contributed by atoms with Crippen molar-refractivity contribution in [2.24, 2.45) is 7.05 Å². The van der Waals surface area contributed by atoms with Crippen molar-refractivity contribution in [1.29, 1.82) is 5.26 Å². The molecule has 80 valence electrons. The Labute approximate surface area is 93.7 Å². The number of hydrogen-bond acceptors (Lipinski definition) is 3. The highest BCUT2D eigenvalue weighted by molar-refractivity contribution is 5.66. The Morgan fingerprint density at radius 2 is 2.00 bits per heavy atom. The highest BCUT2D eigenvalue weighted by Crippen LogP contribution is 2.23. The maximum atomic E-state index is 8.97. The normalized spacial score (nSPS) is 9.81. The summed E-state index contributed by atoms with van der Waals surface area (Å²) in [5, 5.41) is 13.2. The van der Waals surface area contributed by atoms with E-state index in [0.29, 0.717) is 11.3 Å². The molecule has 0 aliphatic carbocycles. The zero-order valence-electron chi connectivity index (χ0n) is 9.14. The van der Waals surface area contributed by atoms with Gasteiger partial charge in [0.25, 0.3) is 0 Å². The first-order chi connectivity index (χ1) is 7.74. The molecule has 0 aliphatic rings. The van der Waals surface area contributed by atoms with Gasteiger partial charge in [0.05, 0.1) is 12.7 Å². The highest BCUT2D eigenvalue weighted by Gasteiger charge is 2.09. The van der Waals surface area contributed by atoms with Gasteiger partial charge in [-0.3, -0.25) is 4.68 Å². The number of hydrogen-bond donors (Lipinski definition) is 0. The van der Waals surface area contributed by atoms with Crippen molar-refractivity contribution in [1.82, 2.24) is 9.78 Å². The van der Waals surface area contributed by atoms with Crippen molar-refractivity contribution >= 4 is 0 Å². The van der Waals surface area contributed by atoms with Crippen molar-refractivity contribution in [3.8, 4) is 23.1 Å². The van der Waals surface area contributed by atoms with Gasteiger partial charge in [-0.25, -0.2) is 0 Å². The van der Waals surface area contributed by atoms with E-state index in [1.165, 1.54) is 0 Å². The van der Waals surface area contributed by atoms with Crippen LogP contribution in [0.4, 0.5) is 0 Å². The van der Waals surface area contributed by atoms with E-state index < -0.39 is 0 Å². The van der Waals surface area contributed by atoms with Crippen molar-refractivity contribution in [3.63, 3.8) is 0 Å². The fourth-order valence-corrected chi connectivity index (χ4v) is 1.53. The Kier molecular flexibility index (Phi) is 2.61. The van der Waals surface area contributed by atoms with Crippen LogP contribution in [-0.2, 0) is 7.05 Å². The minimum atomic E-state index is 0.577. The van der Waals surface area contributed by atoms with Gasteiger partial charge in [-0.05, 0) is 24.3 Å². The lowest BCUT2D eigenvalue weighted by molar-refractivity contribution is 0.415. The third-order valence-electron chi connectivity index (χ3n) is 2.31. The van der Waals surface area contributed by atoms with E-state index in [2.05, 4.69) is 11.2 Å². The molecule has 1 heterocycles. The monoisotopic (exact) mass is 213 g/mol. The summed E-state index contributed by atoms with van der Waals surface area (Å²) in [6.45, 7) is 0. The summed E-state index contributed by atoms with van der Waals surface area (Å²) in [6, 6.07) is 9.62. The highest BCUT2D eigenvalue weighted by atomic mass is 16.5. The summed E-state index contributed by atoms with van der Waals surface area (Å²) < 4.78 is 6.71. The summed E-state index contributed by atoms with van der Waals surface area (Å²) in [5.41, 5.74) is 2.19. The minimum Gasteiger partial charge on any atom is -0.497 e. The van der Waals surface area contributed by atoms with Gasteiger partial charge in [0.1, 0.15) is 17.5 Å². The fraction of sp³-hybridized carbons (Fsp3) is 0.167. The first-order valence-corrected chi connectivity index (χ1v) is 4.83. The van der Waals surface area contributed by atoms with Crippen LogP contribution in [0.2, 0.25) is 0 Å². The summed E-state index contributed by atoms with van der Waals surface area (Å²) in [5.74, 6) is 0.790. The lowest BCUT2D eigenvalue weighted by Gasteiger charge is -2.00. The number of ether oxygens (including phenoxy) is 1. The van der Waals surface area contributed by atoms with Gasteiger partial charge < -0.3 is 4.74 Å². The van der Waals surface area contributed by atoms with E-state index in [-0.39, 0.29) is 0 Å². The minimum absolute atomic E-state index is 0.577. The Morgan fingerprint density at radius 1 is 1.31 bits per heavy atom. The number of nitrogens with zero attached hydrogens (tertiary/aromatic N) is 3. The second kappa shape index (κ2) is 4.07. The van der Waals surface area contributed by atoms with E-state index in [9.17, 15) is 0 Å². The van der Waals surface area contributed by atoms with Crippen LogP contribution in [0.15, 0.2) is 30.5 Å². The molecule has 4 heteroatoms. The van der Waals surface area contributed by atoms with Crippen molar-refractivity contribution in [3.05, 3.63) is 36.0 Å². The molecule has 16 heavy (non-hydrogen) atoms. The third-order valence-corrected chi connectivity index (χ3v) is 2.31. The average molecular weight is 213 g/mol. The van der Waals surface area contributed by atoms with Gasteiger partial charge in [0, 0.05) is 18.8 Å². The Balaban J connectivity index is 2.46. The topological polar surface area (TPSA) is 50.8 Å². The van der Waals surface area contributed by atoms with Crippen LogP contribution in [0.25, 0.3) is 11.3 Å². The summed E-state index contributed by atoms with van der Waals surface area (Å²) >= 11 is 0. The molecular formula is C12H11N3O. The summed E-state index contributed by atoms with van der Waals surface area (Å²) in [6.07, 6.45) is 1.71. The van der Waals surface area contributed by atoms with Gasteiger partial charge in [-0.1, -0.05) is 0 Å². The lowest BCUT2D eigenvalue weighted by atomic mass is 10.1. The molecule has 0 saturated heterocycles. The van der Waals surface area contributed by atoms with Gasteiger partial charge >= 0.3 is 0 Å². The summed E-state index contributed by atoms with van der Waals surface area (Å²) in [4.78, 5) is 0. The average Bonchev–Trinajstić information content (AvgIpc) is 2.70. The number of nitriles is 1. The van der Waals surface area contributed by atoms with E-state index in [1.54, 1.807) is 25.0 Å². The smallest absolute Gasteiger partial charge is 0.118 e. The molecule has 2 rings (SSSR count). The second-order valence-corrected chi connectivity index (χ2v) is 3.41. The Morgan fingerprint density at radius 3 is 2.56 bits per heavy atom. The third kappa shape index (κ3) is 1.75. The van der Waals surface area contributed by atoms with Crippen LogP contribution in [0, 0.1) is 11.3 Å². The predicted octanol–water partition coefficient (Wildman–Crippen LogP) is 1.97. The maximum absolute atomic E-state index is 8.97. The zero-order valence-corrected chi connectivity index (χ0v) is 9.14. The molecule has 0 unspecified atom stereocenters. The molecule has 0 aliphatic heterocycles. The Bertz CT molecular complexity index is 534. The van der Waals surface area contributed by atoms with Crippen molar-refractivity contribution in [2.75, 3.05) is 7.11 Å². The molecule has 0 spiro atoms. The van der Waals surface area contributed by atoms with Crippen LogP contribution in [-0.4, -0.2) is 16.9 Å². The fourth-order valence-electron chi connectivity index (χ4n) is 1.53. The Hall–Kier alpha value is -2.28. The molecule has 0 radical (unpaired) electrons. The van der Waals surface area contributed by atoms with E-state index in [4.69, 9.17) is 10.00 Å². The van der Waals surface area contributed by atoms with Gasteiger partial charge in [-0.15, -0.1) is 0 Å².